The average molecular weight is 423 g/mol. The van der Waals surface area contributed by atoms with Gasteiger partial charge < -0.3 is 14.3 Å². The van der Waals surface area contributed by atoms with E-state index in [2.05, 4.69) is 27.2 Å². The first-order valence-electron chi connectivity index (χ1n) is 10.4. The third-order valence-corrected chi connectivity index (χ3v) is 6.12. The first-order chi connectivity index (χ1) is 14.7. The number of carbonyl (C=O) groups excluding carboxylic acids is 1. The Morgan fingerprint density at radius 2 is 1.80 bits per heavy atom. The molecule has 0 bridgehead atoms. The van der Waals surface area contributed by atoms with Crippen LogP contribution in [0.3, 0.4) is 0 Å². The van der Waals surface area contributed by atoms with Crippen molar-refractivity contribution in [3.63, 3.8) is 0 Å². The smallest absolute Gasteiger partial charge is 0.232 e. The van der Waals surface area contributed by atoms with Gasteiger partial charge in [0.15, 0.2) is 0 Å². The highest BCUT2D eigenvalue weighted by atomic mass is 35.5. The molecule has 0 radical (unpaired) electrons. The molecule has 0 spiro atoms. The number of nitrogens with zero attached hydrogens (tertiary/aromatic N) is 4. The molecule has 2 fully saturated rings. The summed E-state index contributed by atoms with van der Waals surface area (Å²) in [5.74, 6) is 0.977. The van der Waals surface area contributed by atoms with E-state index in [1.54, 1.807) is 17.0 Å². The largest absolute Gasteiger partial charge is 0.372 e. The molecule has 2 aliphatic rings. The molecule has 5 rings (SSSR count). The Morgan fingerprint density at radius 1 is 1.00 bits per heavy atom. The van der Waals surface area contributed by atoms with Crippen LogP contribution < -0.4 is 9.80 Å². The van der Waals surface area contributed by atoms with Gasteiger partial charge in [0.25, 0.3) is 0 Å². The maximum atomic E-state index is 12.5. The Labute approximate surface area is 180 Å². The molecular weight excluding hydrogens is 400 g/mol. The summed E-state index contributed by atoms with van der Waals surface area (Å²) in [7, 11) is 0. The summed E-state index contributed by atoms with van der Waals surface area (Å²) in [6, 6.07) is 15.6. The molecule has 1 aromatic heterocycles. The van der Waals surface area contributed by atoms with Crippen LogP contribution in [-0.4, -0.2) is 35.7 Å². The number of benzene rings is 2. The molecule has 1 amide bonds. The minimum absolute atomic E-state index is 0.0351. The molecule has 3 heterocycles. The predicted octanol–water partition coefficient (Wildman–Crippen LogP) is 4.90. The van der Waals surface area contributed by atoms with Crippen LogP contribution in [0.1, 0.15) is 37.5 Å². The van der Waals surface area contributed by atoms with Crippen molar-refractivity contribution in [3.8, 4) is 11.4 Å². The summed E-state index contributed by atoms with van der Waals surface area (Å²) in [6.45, 7) is 2.74. The fourth-order valence-corrected chi connectivity index (χ4v) is 4.44. The van der Waals surface area contributed by atoms with E-state index < -0.39 is 0 Å². The highest BCUT2D eigenvalue weighted by molar-refractivity contribution is 6.30. The van der Waals surface area contributed by atoms with E-state index in [0.29, 0.717) is 29.7 Å². The van der Waals surface area contributed by atoms with Crippen molar-refractivity contribution in [2.24, 2.45) is 0 Å². The molecule has 154 valence electrons. The molecule has 2 aromatic carbocycles. The van der Waals surface area contributed by atoms with Crippen LogP contribution in [0, 0.1) is 0 Å². The van der Waals surface area contributed by atoms with Gasteiger partial charge in [-0.1, -0.05) is 22.8 Å². The summed E-state index contributed by atoms with van der Waals surface area (Å²) in [6.07, 6.45) is 4.17. The summed E-state index contributed by atoms with van der Waals surface area (Å²) < 4.78 is 5.53. The van der Waals surface area contributed by atoms with E-state index in [1.165, 1.54) is 24.9 Å². The van der Waals surface area contributed by atoms with Gasteiger partial charge in [-0.05, 0) is 61.7 Å². The molecular formula is C23H23ClN4O2. The highest BCUT2D eigenvalue weighted by Crippen LogP contribution is 2.33. The second-order valence-corrected chi connectivity index (χ2v) is 8.37. The zero-order valence-corrected chi connectivity index (χ0v) is 17.4. The van der Waals surface area contributed by atoms with Gasteiger partial charge in [0.1, 0.15) is 0 Å². The third kappa shape index (κ3) is 3.79. The van der Waals surface area contributed by atoms with E-state index in [-0.39, 0.29) is 11.8 Å². The SMILES string of the molecule is O=C1C[C@@H](c2nc(-c3ccc(N4CCCCC4)cc3)no2)CN1c1cccc(Cl)c1. The van der Waals surface area contributed by atoms with Crippen LogP contribution >= 0.6 is 11.6 Å². The molecule has 0 unspecified atom stereocenters. The molecule has 2 saturated heterocycles. The second kappa shape index (κ2) is 8.11. The van der Waals surface area contributed by atoms with E-state index in [9.17, 15) is 4.79 Å². The maximum absolute atomic E-state index is 12.5. The van der Waals surface area contributed by atoms with Crippen LogP contribution in [0.4, 0.5) is 11.4 Å². The minimum atomic E-state index is -0.120. The summed E-state index contributed by atoms with van der Waals surface area (Å²) in [4.78, 5) is 21.3. The monoisotopic (exact) mass is 422 g/mol. The van der Waals surface area contributed by atoms with Gasteiger partial charge in [-0.15, -0.1) is 0 Å². The van der Waals surface area contributed by atoms with E-state index in [4.69, 9.17) is 16.1 Å². The van der Waals surface area contributed by atoms with Crippen molar-refractivity contribution in [2.75, 3.05) is 29.4 Å². The van der Waals surface area contributed by atoms with E-state index in [1.807, 2.05) is 24.3 Å². The second-order valence-electron chi connectivity index (χ2n) is 7.94. The lowest BCUT2D eigenvalue weighted by atomic mass is 10.1. The van der Waals surface area contributed by atoms with Crippen molar-refractivity contribution in [3.05, 3.63) is 59.4 Å². The number of hydrogen-bond donors (Lipinski definition) is 0. The van der Waals surface area contributed by atoms with Crippen molar-refractivity contribution < 1.29 is 9.32 Å². The molecule has 6 nitrogen and oxygen atoms in total. The Kier molecular flexibility index (Phi) is 5.17. The molecule has 30 heavy (non-hydrogen) atoms. The summed E-state index contributed by atoms with van der Waals surface area (Å²) in [5.41, 5.74) is 2.95. The zero-order valence-electron chi connectivity index (χ0n) is 16.6. The lowest BCUT2D eigenvalue weighted by Crippen LogP contribution is -2.29. The summed E-state index contributed by atoms with van der Waals surface area (Å²) in [5, 5.41) is 4.77. The molecule has 0 N–H and O–H groups in total. The first-order valence-corrected chi connectivity index (χ1v) is 10.8. The van der Waals surface area contributed by atoms with Crippen molar-refractivity contribution >= 4 is 28.9 Å². The Hall–Kier alpha value is -2.86. The van der Waals surface area contributed by atoms with E-state index >= 15 is 0 Å². The number of rotatable bonds is 4. The average Bonchev–Trinajstić information content (AvgIpc) is 3.42. The number of piperidine rings is 1. The first kappa shape index (κ1) is 19.1. The minimum Gasteiger partial charge on any atom is -0.372 e. The van der Waals surface area contributed by atoms with Gasteiger partial charge in [-0.25, -0.2) is 0 Å². The highest BCUT2D eigenvalue weighted by Gasteiger charge is 2.35. The van der Waals surface area contributed by atoms with Gasteiger partial charge in [-0.2, -0.15) is 4.98 Å². The van der Waals surface area contributed by atoms with Crippen LogP contribution in [0.15, 0.2) is 53.1 Å². The van der Waals surface area contributed by atoms with Gasteiger partial charge in [0.05, 0.1) is 5.92 Å². The number of anilines is 2. The number of carbonyl (C=O) groups is 1. The summed E-state index contributed by atoms with van der Waals surface area (Å²) >= 11 is 6.07. The molecule has 2 aliphatic heterocycles. The van der Waals surface area contributed by atoms with E-state index in [0.717, 1.165) is 24.3 Å². The molecule has 0 aliphatic carbocycles. The van der Waals surface area contributed by atoms with Crippen LogP contribution in [0.5, 0.6) is 0 Å². The third-order valence-electron chi connectivity index (χ3n) is 5.88. The number of halogens is 1. The predicted molar refractivity (Wildman–Crippen MR) is 117 cm³/mol. The van der Waals surface area contributed by atoms with Gasteiger partial charge in [0.2, 0.25) is 17.6 Å². The Balaban J connectivity index is 1.30. The fourth-order valence-electron chi connectivity index (χ4n) is 4.26. The Bertz CT molecular complexity index is 1040. The van der Waals surface area contributed by atoms with Gasteiger partial charge >= 0.3 is 0 Å². The topological polar surface area (TPSA) is 62.5 Å². The van der Waals surface area contributed by atoms with Gasteiger partial charge in [0, 0.05) is 48.0 Å². The van der Waals surface area contributed by atoms with Gasteiger partial charge in [-0.3, -0.25) is 4.79 Å². The number of aromatic nitrogens is 2. The standard InChI is InChI=1S/C23H23ClN4O2/c24-18-5-4-6-20(14-18)28-15-17(13-21(28)29)23-25-22(26-30-23)16-7-9-19(10-8-16)27-11-2-1-3-12-27/h4-10,14,17H,1-3,11-13,15H2/t17-/m1/s1. The quantitative estimate of drug-likeness (QED) is 0.598. The van der Waals surface area contributed by atoms with Crippen molar-refractivity contribution in [2.45, 2.75) is 31.6 Å². The van der Waals surface area contributed by atoms with Crippen molar-refractivity contribution in [1.82, 2.24) is 10.1 Å². The Morgan fingerprint density at radius 3 is 2.57 bits per heavy atom. The molecule has 1 atom stereocenters. The normalized spacial score (nSPS) is 19.5. The molecule has 7 heteroatoms. The lowest BCUT2D eigenvalue weighted by molar-refractivity contribution is -0.117. The molecule has 0 saturated carbocycles. The molecule has 3 aromatic rings. The number of hydrogen-bond acceptors (Lipinski definition) is 5. The number of amides is 1. The maximum Gasteiger partial charge on any atom is 0.232 e. The van der Waals surface area contributed by atoms with Crippen molar-refractivity contribution in [1.29, 1.82) is 0 Å². The van der Waals surface area contributed by atoms with Crippen LogP contribution in [0.25, 0.3) is 11.4 Å². The van der Waals surface area contributed by atoms with Crippen LogP contribution in [0.2, 0.25) is 5.02 Å². The lowest BCUT2D eigenvalue weighted by Gasteiger charge is -2.28. The zero-order chi connectivity index (χ0) is 20.5. The van der Waals surface area contributed by atoms with Crippen LogP contribution in [-0.2, 0) is 4.79 Å². The fraction of sp³-hybridized carbons (Fsp3) is 0.348.